The average molecular weight is 419 g/mol. The van der Waals surface area contributed by atoms with Crippen molar-refractivity contribution in [1.29, 1.82) is 0 Å². The molecule has 2 aliphatic rings. The molecule has 1 aromatic rings. The molecule has 0 spiro atoms. The third-order valence-electron chi connectivity index (χ3n) is 5.56. The normalized spacial score (nSPS) is 16.7. The lowest BCUT2D eigenvalue weighted by molar-refractivity contribution is -0.145. The molecule has 1 amide bonds. The summed E-state index contributed by atoms with van der Waals surface area (Å²) >= 11 is 0. The van der Waals surface area contributed by atoms with E-state index in [1.165, 1.54) is 13.0 Å². The van der Waals surface area contributed by atoms with E-state index in [1.54, 1.807) is 24.0 Å². The van der Waals surface area contributed by atoms with Crippen LogP contribution in [-0.2, 0) is 14.3 Å². The van der Waals surface area contributed by atoms with Gasteiger partial charge >= 0.3 is 5.97 Å². The molecule has 1 aliphatic heterocycles. The Morgan fingerprint density at radius 1 is 1.13 bits per heavy atom. The molecule has 0 atom stereocenters. The van der Waals surface area contributed by atoms with Gasteiger partial charge in [0.2, 0.25) is 5.91 Å². The summed E-state index contributed by atoms with van der Waals surface area (Å²) in [5.74, 6) is -0.362. The molecule has 1 heterocycles. The molecule has 1 saturated carbocycles. The van der Waals surface area contributed by atoms with Gasteiger partial charge in [0.15, 0.2) is 5.78 Å². The second-order valence-corrected chi connectivity index (χ2v) is 8.01. The van der Waals surface area contributed by atoms with Crippen molar-refractivity contribution in [2.75, 3.05) is 57.3 Å². The Labute approximate surface area is 176 Å². The summed E-state index contributed by atoms with van der Waals surface area (Å²) in [4.78, 5) is 41.6. The van der Waals surface area contributed by atoms with Crippen LogP contribution in [0.5, 0.6) is 0 Å². The standard InChI is InChI=1S/C22H30FN3O4/c1-3-30-22(29)15-24(13-17-4-5-17)14-21(28)26-10-8-25(9-11-26)20-7-6-18(16(2)27)12-19(20)23/h6-7,12,17H,3-5,8-11,13-15H2,1-2H3. The monoisotopic (exact) mass is 419 g/mol. The second kappa shape index (κ2) is 10.0. The number of ether oxygens (including phenoxy) is 1. The van der Waals surface area contributed by atoms with Crippen molar-refractivity contribution < 1.29 is 23.5 Å². The Balaban J connectivity index is 1.53. The highest BCUT2D eigenvalue weighted by molar-refractivity contribution is 5.94. The average Bonchev–Trinajstić information content (AvgIpc) is 3.52. The summed E-state index contributed by atoms with van der Waals surface area (Å²) in [5.41, 5.74) is 0.798. The van der Waals surface area contributed by atoms with Crippen molar-refractivity contribution in [3.8, 4) is 0 Å². The fourth-order valence-electron chi connectivity index (χ4n) is 3.71. The molecule has 164 valence electrons. The summed E-state index contributed by atoms with van der Waals surface area (Å²) in [5, 5.41) is 0. The van der Waals surface area contributed by atoms with E-state index in [1.807, 2.05) is 9.80 Å². The van der Waals surface area contributed by atoms with Gasteiger partial charge in [0.1, 0.15) is 5.82 Å². The molecule has 0 unspecified atom stereocenters. The molecule has 8 heteroatoms. The molecular formula is C22H30FN3O4. The Hall–Kier alpha value is -2.48. The first-order chi connectivity index (χ1) is 14.4. The van der Waals surface area contributed by atoms with Gasteiger partial charge in [-0.3, -0.25) is 19.3 Å². The third-order valence-corrected chi connectivity index (χ3v) is 5.56. The highest BCUT2D eigenvalue weighted by Crippen LogP contribution is 2.29. The Bertz CT molecular complexity index is 789. The smallest absolute Gasteiger partial charge is 0.320 e. The highest BCUT2D eigenvalue weighted by atomic mass is 19.1. The summed E-state index contributed by atoms with van der Waals surface area (Å²) in [6.07, 6.45) is 2.28. The van der Waals surface area contributed by atoms with Gasteiger partial charge in [-0.1, -0.05) is 0 Å². The molecule has 1 saturated heterocycles. The number of Topliss-reactive ketones (excluding diaryl/α,β-unsaturated/α-hetero) is 1. The number of rotatable bonds is 9. The Morgan fingerprint density at radius 3 is 2.40 bits per heavy atom. The van der Waals surface area contributed by atoms with E-state index >= 15 is 0 Å². The molecule has 0 N–H and O–H groups in total. The lowest BCUT2D eigenvalue weighted by Crippen LogP contribution is -2.52. The minimum atomic E-state index is -0.424. The van der Waals surface area contributed by atoms with Crippen LogP contribution in [0.3, 0.4) is 0 Å². The van der Waals surface area contributed by atoms with E-state index in [0.29, 0.717) is 50.0 Å². The maximum absolute atomic E-state index is 14.4. The molecule has 0 bridgehead atoms. The number of carbonyl (C=O) groups excluding carboxylic acids is 3. The Morgan fingerprint density at radius 2 is 1.83 bits per heavy atom. The zero-order valence-corrected chi connectivity index (χ0v) is 17.7. The van der Waals surface area contributed by atoms with Crippen LogP contribution in [0.2, 0.25) is 0 Å². The number of carbonyl (C=O) groups is 3. The van der Waals surface area contributed by atoms with E-state index < -0.39 is 5.82 Å². The zero-order chi connectivity index (χ0) is 21.7. The number of hydrogen-bond donors (Lipinski definition) is 0. The van der Waals surface area contributed by atoms with Gasteiger partial charge in [-0.25, -0.2) is 4.39 Å². The second-order valence-electron chi connectivity index (χ2n) is 8.01. The van der Waals surface area contributed by atoms with Crippen molar-refractivity contribution in [2.24, 2.45) is 5.92 Å². The first-order valence-corrected chi connectivity index (χ1v) is 10.6. The molecule has 30 heavy (non-hydrogen) atoms. The summed E-state index contributed by atoms with van der Waals surface area (Å²) in [6, 6.07) is 4.52. The molecule has 2 fully saturated rings. The number of nitrogens with zero attached hydrogens (tertiary/aromatic N) is 3. The van der Waals surface area contributed by atoms with E-state index in [4.69, 9.17) is 4.74 Å². The van der Waals surface area contributed by atoms with E-state index in [0.717, 1.165) is 19.4 Å². The van der Waals surface area contributed by atoms with Crippen molar-refractivity contribution >= 4 is 23.3 Å². The first kappa shape index (κ1) is 22.2. The number of piperazine rings is 1. The highest BCUT2D eigenvalue weighted by Gasteiger charge is 2.29. The summed E-state index contributed by atoms with van der Waals surface area (Å²) in [7, 11) is 0. The van der Waals surface area contributed by atoms with Gasteiger partial charge in [-0.05, 0) is 50.8 Å². The predicted octanol–water partition coefficient (Wildman–Crippen LogP) is 1.95. The van der Waals surface area contributed by atoms with Gasteiger partial charge < -0.3 is 14.5 Å². The van der Waals surface area contributed by atoms with Crippen LogP contribution in [0.15, 0.2) is 18.2 Å². The van der Waals surface area contributed by atoms with E-state index in [-0.39, 0.29) is 30.7 Å². The molecule has 7 nitrogen and oxygen atoms in total. The number of amides is 1. The SMILES string of the molecule is CCOC(=O)CN(CC(=O)N1CCN(c2ccc(C(C)=O)cc2F)CC1)CC1CC1. The zero-order valence-electron chi connectivity index (χ0n) is 17.7. The van der Waals surface area contributed by atoms with Crippen LogP contribution in [0.4, 0.5) is 10.1 Å². The van der Waals surface area contributed by atoms with Crippen molar-refractivity contribution in [3.05, 3.63) is 29.6 Å². The minimum Gasteiger partial charge on any atom is -0.465 e. The lowest BCUT2D eigenvalue weighted by atomic mass is 10.1. The van der Waals surface area contributed by atoms with Crippen molar-refractivity contribution in [1.82, 2.24) is 9.80 Å². The molecule has 1 aromatic carbocycles. The lowest BCUT2D eigenvalue weighted by Gasteiger charge is -2.37. The molecule has 0 aromatic heterocycles. The largest absolute Gasteiger partial charge is 0.465 e. The van der Waals surface area contributed by atoms with Gasteiger partial charge in [-0.2, -0.15) is 0 Å². The first-order valence-electron chi connectivity index (χ1n) is 10.6. The van der Waals surface area contributed by atoms with Crippen LogP contribution >= 0.6 is 0 Å². The number of ketones is 1. The topological polar surface area (TPSA) is 70.2 Å². The fourth-order valence-corrected chi connectivity index (χ4v) is 3.71. The minimum absolute atomic E-state index is 0.0213. The van der Waals surface area contributed by atoms with Crippen LogP contribution in [-0.4, -0.2) is 79.9 Å². The van der Waals surface area contributed by atoms with Crippen molar-refractivity contribution in [3.63, 3.8) is 0 Å². The van der Waals surface area contributed by atoms with Crippen LogP contribution in [0.1, 0.15) is 37.0 Å². The molecule has 1 aliphatic carbocycles. The molecule has 0 radical (unpaired) electrons. The summed E-state index contributed by atoms with van der Waals surface area (Å²) < 4.78 is 19.4. The number of hydrogen-bond acceptors (Lipinski definition) is 6. The third kappa shape index (κ3) is 6.01. The van der Waals surface area contributed by atoms with Crippen LogP contribution in [0, 0.1) is 11.7 Å². The van der Waals surface area contributed by atoms with E-state index in [2.05, 4.69) is 0 Å². The quantitative estimate of drug-likeness (QED) is 0.450. The van der Waals surface area contributed by atoms with Crippen LogP contribution in [0.25, 0.3) is 0 Å². The van der Waals surface area contributed by atoms with Gasteiger partial charge in [-0.15, -0.1) is 0 Å². The van der Waals surface area contributed by atoms with Crippen molar-refractivity contribution in [2.45, 2.75) is 26.7 Å². The molecule has 3 rings (SSSR count). The maximum atomic E-state index is 14.4. The summed E-state index contributed by atoms with van der Waals surface area (Å²) in [6.45, 7) is 6.57. The number of benzene rings is 1. The number of esters is 1. The predicted molar refractivity (Wildman–Crippen MR) is 111 cm³/mol. The molecular weight excluding hydrogens is 389 g/mol. The van der Waals surface area contributed by atoms with Gasteiger partial charge in [0, 0.05) is 38.3 Å². The van der Waals surface area contributed by atoms with E-state index in [9.17, 15) is 18.8 Å². The maximum Gasteiger partial charge on any atom is 0.320 e. The van der Waals surface area contributed by atoms with Gasteiger partial charge in [0.25, 0.3) is 0 Å². The number of anilines is 1. The van der Waals surface area contributed by atoms with Gasteiger partial charge in [0.05, 0.1) is 25.4 Å². The number of halogens is 1. The fraction of sp³-hybridized carbons (Fsp3) is 0.591. The van der Waals surface area contributed by atoms with Crippen LogP contribution < -0.4 is 4.90 Å². The Kier molecular flexibility index (Phi) is 7.42.